The second-order valence-corrected chi connectivity index (χ2v) is 4.06. The summed E-state index contributed by atoms with van der Waals surface area (Å²) in [6.07, 6.45) is 0.894. The average molecular weight is 173 g/mol. The summed E-state index contributed by atoms with van der Waals surface area (Å²) in [6, 6.07) is 0.596. The minimum atomic E-state index is 0.307. The maximum Gasteiger partial charge on any atom is 0.0443 e. The number of hydrogen-bond donors (Lipinski definition) is 1. The van der Waals surface area contributed by atoms with Gasteiger partial charge in [-0.2, -0.15) is 0 Å². The van der Waals surface area contributed by atoms with Crippen LogP contribution in [-0.2, 0) is 0 Å². The van der Waals surface area contributed by atoms with Gasteiger partial charge in [-0.1, -0.05) is 13.8 Å². The Labute approximate surface area is 76.6 Å². The van der Waals surface area contributed by atoms with Crippen molar-refractivity contribution in [2.75, 3.05) is 19.7 Å². The summed E-state index contributed by atoms with van der Waals surface area (Å²) in [5.74, 6) is 0.714. The molecule has 0 aliphatic carbocycles. The fourth-order valence-electron chi connectivity index (χ4n) is 1.30. The maximum absolute atomic E-state index is 8.70. The van der Waals surface area contributed by atoms with Gasteiger partial charge < -0.3 is 10.0 Å². The van der Waals surface area contributed by atoms with Crippen LogP contribution in [0.25, 0.3) is 0 Å². The van der Waals surface area contributed by atoms with Crippen LogP contribution in [0.2, 0.25) is 0 Å². The van der Waals surface area contributed by atoms with E-state index in [0.717, 1.165) is 19.5 Å². The molecule has 0 unspecified atom stereocenters. The van der Waals surface area contributed by atoms with Gasteiger partial charge in [0.2, 0.25) is 0 Å². The molecule has 0 saturated carbocycles. The van der Waals surface area contributed by atoms with Gasteiger partial charge in [0.05, 0.1) is 0 Å². The van der Waals surface area contributed by atoms with Crippen molar-refractivity contribution in [2.45, 2.75) is 40.2 Å². The van der Waals surface area contributed by atoms with Crippen molar-refractivity contribution in [3.8, 4) is 0 Å². The maximum atomic E-state index is 8.70. The van der Waals surface area contributed by atoms with Crippen molar-refractivity contribution in [2.24, 2.45) is 5.92 Å². The summed E-state index contributed by atoms with van der Waals surface area (Å²) in [4.78, 5) is 2.42. The van der Waals surface area contributed by atoms with Crippen molar-refractivity contribution in [1.29, 1.82) is 0 Å². The quantitative estimate of drug-likeness (QED) is 0.661. The number of aliphatic hydroxyl groups excluding tert-OH is 1. The zero-order valence-corrected chi connectivity index (χ0v) is 8.88. The van der Waals surface area contributed by atoms with Crippen LogP contribution in [0.3, 0.4) is 0 Å². The third kappa shape index (κ3) is 5.56. The normalized spacial score (nSPS) is 12.0. The van der Waals surface area contributed by atoms with E-state index in [1.165, 1.54) is 0 Å². The lowest BCUT2D eigenvalue weighted by Crippen LogP contribution is -2.35. The molecule has 2 nitrogen and oxygen atoms in total. The lowest BCUT2D eigenvalue weighted by molar-refractivity contribution is 0.175. The Morgan fingerprint density at radius 3 is 2.08 bits per heavy atom. The molecule has 0 aromatic rings. The molecule has 2 heteroatoms. The third-order valence-electron chi connectivity index (χ3n) is 1.93. The van der Waals surface area contributed by atoms with E-state index in [1.807, 2.05) is 0 Å². The molecule has 0 aliphatic heterocycles. The van der Waals surface area contributed by atoms with Crippen LogP contribution < -0.4 is 0 Å². The first-order valence-corrected chi connectivity index (χ1v) is 4.92. The molecule has 0 aliphatic rings. The molecule has 0 amide bonds. The molecule has 0 bridgehead atoms. The van der Waals surface area contributed by atoms with Gasteiger partial charge in [-0.15, -0.1) is 0 Å². The summed E-state index contributed by atoms with van der Waals surface area (Å²) in [5.41, 5.74) is 0. The minimum absolute atomic E-state index is 0.307. The molecule has 0 atom stereocenters. The molecular weight excluding hydrogens is 150 g/mol. The minimum Gasteiger partial charge on any atom is -0.396 e. The Bertz CT molecular complexity index is 102. The van der Waals surface area contributed by atoms with Crippen molar-refractivity contribution < 1.29 is 5.11 Å². The second kappa shape index (κ2) is 6.44. The van der Waals surface area contributed by atoms with E-state index in [2.05, 4.69) is 32.6 Å². The molecule has 0 heterocycles. The Kier molecular flexibility index (Phi) is 6.39. The third-order valence-corrected chi connectivity index (χ3v) is 1.93. The van der Waals surface area contributed by atoms with Gasteiger partial charge in [-0.25, -0.2) is 0 Å². The van der Waals surface area contributed by atoms with Gasteiger partial charge in [-0.05, 0) is 26.2 Å². The van der Waals surface area contributed by atoms with E-state index in [-0.39, 0.29) is 0 Å². The molecular formula is C10H23NO. The predicted octanol–water partition coefficient (Wildman–Crippen LogP) is 1.74. The van der Waals surface area contributed by atoms with Crippen molar-refractivity contribution in [3.63, 3.8) is 0 Å². The standard InChI is InChI=1S/C10H23NO/c1-9(2)8-11(10(3)4)6-5-7-12/h9-10,12H,5-8H2,1-4H3. The largest absolute Gasteiger partial charge is 0.396 e. The number of nitrogens with zero attached hydrogens (tertiary/aromatic N) is 1. The van der Waals surface area contributed by atoms with E-state index in [9.17, 15) is 0 Å². The SMILES string of the molecule is CC(C)CN(CCCO)C(C)C. The first-order chi connectivity index (χ1) is 5.57. The predicted molar refractivity (Wildman–Crippen MR) is 53.2 cm³/mol. The molecule has 0 radical (unpaired) electrons. The van der Waals surface area contributed by atoms with Gasteiger partial charge in [0.15, 0.2) is 0 Å². The Morgan fingerprint density at radius 2 is 1.75 bits per heavy atom. The van der Waals surface area contributed by atoms with Crippen LogP contribution >= 0.6 is 0 Å². The van der Waals surface area contributed by atoms with Crippen molar-refractivity contribution in [3.05, 3.63) is 0 Å². The summed E-state index contributed by atoms with van der Waals surface area (Å²) < 4.78 is 0. The monoisotopic (exact) mass is 173 g/mol. The summed E-state index contributed by atoms with van der Waals surface area (Å²) in [6.45, 7) is 11.3. The number of hydrogen-bond acceptors (Lipinski definition) is 2. The molecule has 0 rings (SSSR count). The Balaban J connectivity index is 3.70. The Morgan fingerprint density at radius 1 is 1.17 bits per heavy atom. The molecule has 1 N–H and O–H groups in total. The lowest BCUT2D eigenvalue weighted by Gasteiger charge is -2.27. The molecule has 12 heavy (non-hydrogen) atoms. The van der Waals surface area contributed by atoms with E-state index >= 15 is 0 Å². The second-order valence-electron chi connectivity index (χ2n) is 4.06. The highest BCUT2D eigenvalue weighted by molar-refractivity contribution is 4.64. The van der Waals surface area contributed by atoms with Crippen molar-refractivity contribution >= 4 is 0 Å². The molecule has 74 valence electrons. The van der Waals surface area contributed by atoms with E-state index < -0.39 is 0 Å². The first-order valence-electron chi connectivity index (χ1n) is 4.92. The van der Waals surface area contributed by atoms with E-state index in [0.29, 0.717) is 18.6 Å². The van der Waals surface area contributed by atoms with Crippen LogP contribution in [0.15, 0.2) is 0 Å². The fraction of sp³-hybridized carbons (Fsp3) is 1.00. The summed E-state index contributed by atoms with van der Waals surface area (Å²) in [7, 11) is 0. The van der Waals surface area contributed by atoms with Crippen LogP contribution in [-0.4, -0.2) is 35.7 Å². The highest BCUT2D eigenvalue weighted by atomic mass is 16.3. The van der Waals surface area contributed by atoms with Crippen LogP contribution in [0, 0.1) is 5.92 Å². The number of rotatable bonds is 6. The zero-order valence-electron chi connectivity index (χ0n) is 8.88. The fourth-order valence-corrected chi connectivity index (χ4v) is 1.30. The van der Waals surface area contributed by atoms with Gasteiger partial charge in [0.25, 0.3) is 0 Å². The van der Waals surface area contributed by atoms with Gasteiger partial charge in [0, 0.05) is 25.7 Å². The smallest absolute Gasteiger partial charge is 0.0443 e. The van der Waals surface area contributed by atoms with E-state index in [1.54, 1.807) is 0 Å². The summed E-state index contributed by atoms with van der Waals surface area (Å²) >= 11 is 0. The molecule has 0 aromatic carbocycles. The molecule has 0 aromatic heterocycles. The number of aliphatic hydroxyl groups is 1. The van der Waals surface area contributed by atoms with E-state index in [4.69, 9.17) is 5.11 Å². The highest BCUT2D eigenvalue weighted by Crippen LogP contribution is 2.04. The first kappa shape index (κ1) is 11.9. The summed E-state index contributed by atoms with van der Waals surface area (Å²) in [5, 5.41) is 8.70. The average Bonchev–Trinajstić information content (AvgIpc) is 1.96. The topological polar surface area (TPSA) is 23.5 Å². The molecule has 0 spiro atoms. The Hall–Kier alpha value is -0.0800. The van der Waals surface area contributed by atoms with Crippen LogP contribution in [0.1, 0.15) is 34.1 Å². The zero-order chi connectivity index (χ0) is 9.56. The van der Waals surface area contributed by atoms with Crippen LogP contribution in [0.4, 0.5) is 0 Å². The van der Waals surface area contributed by atoms with Gasteiger partial charge in [-0.3, -0.25) is 0 Å². The molecule has 0 fully saturated rings. The van der Waals surface area contributed by atoms with Gasteiger partial charge >= 0.3 is 0 Å². The highest BCUT2D eigenvalue weighted by Gasteiger charge is 2.09. The van der Waals surface area contributed by atoms with Gasteiger partial charge in [0.1, 0.15) is 0 Å². The van der Waals surface area contributed by atoms with Crippen LogP contribution in [0.5, 0.6) is 0 Å². The molecule has 0 saturated heterocycles. The van der Waals surface area contributed by atoms with Crippen molar-refractivity contribution in [1.82, 2.24) is 4.90 Å². The lowest BCUT2D eigenvalue weighted by atomic mass is 10.1.